The Hall–Kier alpha value is -3.20. The second kappa shape index (κ2) is 7.69. The highest BCUT2D eigenvalue weighted by Gasteiger charge is 2.18. The summed E-state index contributed by atoms with van der Waals surface area (Å²) in [6.07, 6.45) is -1.53. The summed E-state index contributed by atoms with van der Waals surface area (Å²) < 4.78 is 41.3. The zero-order chi connectivity index (χ0) is 27.0. The van der Waals surface area contributed by atoms with E-state index in [0.29, 0.717) is 33.6 Å². The standard InChI is InChI=1S/C30H32N2O/c1-29(2,3)17-19-14-15-31-25(16-19)24-9-7-8-22-23-13-11-20-10-12-21(18-30(4,5)6)32-26(20)28(23)33-27(22)24/h7-16H,17-18H2,1-6H3/i17D2,18D2. The van der Waals surface area contributed by atoms with E-state index in [9.17, 15) is 0 Å². The first-order chi connectivity index (χ1) is 17.1. The highest BCUT2D eigenvalue weighted by molar-refractivity contribution is 6.16. The lowest BCUT2D eigenvalue weighted by molar-refractivity contribution is 0.407. The van der Waals surface area contributed by atoms with Crippen molar-refractivity contribution in [3.8, 4) is 11.3 Å². The summed E-state index contributed by atoms with van der Waals surface area (Å²) in [4.78, 5) is 9.35. The molecule has 0 amide bonds. The number of para-hydroxylation sites is 1. The van der Waals surface area contributed by atoms with Gasteiger partial charge in [0.15, 0.2) is 5.58 Å². The molecule has 3 nitrogen and oxygen atoms in total. The van der Waals surface area contributed by atoms with E-state index in [4.69, 9.17) is 14.9 Å². The third kappa shape index (κ3) is 4.37. The molecule has 0 aliphatic heterocycles. The Kier molecular flexibility index (Phi) is 4.03. The molecule has 0 aliphatic carbocycles. The summed E-state index contributed by atoms with van der Waals surface area (Å²) in [5, 5.41) is 2.68. The van der Waals surface area contributed by atoms with Gasteiger partial charge < -0.3 is 4.42 Å². The SMILES string of the molecule is [2H]C([2H])(c1ccnc(-c2cccc3c2oc2c3ccc3ccc(C([2H])([2H])C(C)(C)C)nc32)c1)C(C)(C)C. The molecule has 0 spiro atoms. The first-order valence-corrected chi connectivity index (χ1v) is 11.4. The fourth-order valence-electron chi connectivity index (χ4n) is 4.18. The molecule has 0 atom stereocenters. The van der Waals surface area contributed by atoms with E-state index >= 15 is 0 Å². The number of furan rings is 1. The summed E-state index contributed by atoms with van der Waals surface area (Å²) in [5.41, 5.74) is 3.01. The second-order valence-electron chi connectivity index (χ2n) is 10.7. The molecule has 0 saturated carbocycles. The zero-order valence-corrected chi connectivity index (χ0v) is 20.1. The lowest BCUT2D eigenvalue weighted by Crippen LogP contribution is -2.10. The summed E-state index contributed by atoms with van der Waals surface area (Å²) in [5.74, 6) is 0. The minimum atomic E-state index is -1.63. The van der Waals surface area contributed by atoms with Crippen LogP contribution in [0.25, 0.3) is 44.1 Å². The maximum atomic E-state index is 8.71. The van der Waals surface area contributed by atoms with E-state index in [1.54, 1.807) is 24.4 Å². The summed E-state index contributed by atoms with van der Waals surface area (Å²) in [6.45, 7) is 11.3. The molecule has 168 valence electrons. The fraction of sp³-hybridized carbons (Fsp3) is 0.333. The summed E-state index contributed by atoms with van der Waals surface area (Å²) in [6, 6.07) is 17.1. The topological polar surface area (TPSA) is 38.9 Å². The monoisotopic (exact) mass is 440 g/mol. The molecule has 33 heavy (non-hydrogen) atoms. The van der Waals surface area contributed by atoms with Crippen LogP contribution in [0.15, 0.2) is 65.2 Å². The van der Waals surface area contributed by atoms with E-state index < -0.39 is 23.6 Å². The molecule has 0 saturated heterocycles. The molecular formula is C30H32N2O. The van der Waals surface area contributed by atoms with Crippen LogP contribution in [-0.2, 0) is 12.7 Å². The van der Waals surface area contributed by atoms with Crippen molar-refractivity contribution in [1.29, 1.82) is 0 Å². The first-order valence-electron chi connectivity index (χ1n) is 13.4. The third-order valence-corrected chi connectivity index (χ3v) is 5.38. The molecule has 5 aromatic rings. The molecule has 0 N–H and O–H groups in total. The molecule has 2 aromatic carbocycles. The number of fused-ring (bicyclic) bond motifs is 5. The Bertz CT molecular complexity index is 1660. The minimum Gasteiger partial charge on any atom is -0.453 e. The highest BCUT2D eigenvalue weighted by atomic mass is 16.3. The third-order valence-electron chi connectivity index (χ3n) is 5.38. The number of benzene rings is 2. The molecule has 3 heteroatoms. The van der Waals surface area contributed by atoms with Crippen LogP contribution in [0.1, 0.15) is 58.3 Å². The normalized spacial score (nSPS) is 15.5. The van der Waals surface area contributed by atoms with Crippen LogP contribution in [-0.4, -0.2) is 9.97 Å². The average molecular weight is 441 g/mol. The molecule has 0 fully saturated rings. The zero-order valence-electron chi connectivity index (χ0n) is 24.1. The molecule has 0 aliphatic rings. The largest absolute Gasteiger partial charge is 0.453 e. The van der Waals surface area contributed by atoms with Gasteiger partial charge in [-0.2, -0.15) is 0 Å². The summed E-state index contributed by atoms with van der Waals surface area (Å²) >= 11 is 0. The Labute approximate surface area is 201 Å². The van der Waals surface area contributed by atoms with Crippen molar-refractivity contribution in [3.63, 3.8) is 0 Å². The second-order valence-corrected chi connectivity index (χ2v) is 10.7. The van der Waals surface area contributed by atoms with Gasteiger partial charge in [-0.15, -0.1) is 0 Å². The highest BCUT2D eigenvalue weighted by Crippen LogP contribution is 2.38. The maximum absolute atomic E-state index is 8.71. The van der Waals surface area contributed by atoms with E-state index in [2.05, 4.69) is 4.98 Å². The van der Waals surface area contributed by atoms with Crippen LogP contribution in [0.3, 0.4) is 0 Å². The van der Waals surface area contributed by atoms with Gasteiger partial charge in [-0.05, 0) is 59.5 Å². The van der Waals surface area contributed by atoms with Crippen molar-refractivity contribution >= 4 is 32.8 Å². The Morgan fingerprint density at radius 2 is 1.55 bits per heavy atom. The molecule has 5 rings (SSSR count). The Morgan fingerprint density at radius 1 is 0.818 bits per heavy atom. The van der Waals surface area contributed by atoms with E-state index in [1.165, 1.54) is 0 Å². The molecule has 3 aromatic heterocycles. The van der Waals surface area contributed by atoms with E-state index in [0.717, 1.165) is 21.7 Å². The first kappa shape index (κ1) is 17.3. The smallest absolute Gasteiger partial charge is 0.161 e. The van der Waals surface area contributed by atoms with Crippen molar-refractivity contribution < 1.29 is 9.90 Å². The maximum Gasteiger partial charge on any atom is 0.161 e. The predicted molar refractivity (Wildman–Crippen MR) is 139 cm³/mol. The quantitative estimate of drug-likeness (QED) is 0.283. The van der Waals surface area contributed by atoms with Crippen molar-refractivity contribution in [1.82, 2.24) is 9.97 Å². The van der Waals surface area contributed by atoms with Crippen LogP contribution < -0.4 is 0 Å². The lowest BCUT2D eigenvalue weighted by atomic mass is 9.88. The fourth-order valence-corrected chi connectivity index (χ4v) is 4.18. The predicted octanol–water partition coefficient (Wildman–Crippen LogP) is 8.37. The van der Waals surface area contributed by atoms with Crippen LogP contribution in [0, 0.1) is 10.8 Å². The number of nitrogens with zero attached hydrogens (tertiary/aromatic N) is 2. The van der Waals surface area contributed by atoms with Crippen LogP contribution in [0.4, 0.5) is 0 Å². The van der Waals surface area contributed by atoms with Gasteiger partial charge in [0.05, 0.1) is 5.69 Å². The average Bonchev–Trinajstić information content (AvgIpc) is 3.21. The van der Waals surface area contributed by atoms with Crippen LogP contribution >= 0.6 is 0 Å². The summed E-state index contributed by atoms with van der Waals surface area (Å²) in [7, 11) is 0. The lowest BCUT2D eigenvalue weighted by Gasteiger charge is -2.18. The van der Waals surface area contributed by atoms with Gasteiger partial charge in [-0.25, -0.2) is 4.98 Å². The van der Waals surface area contributed by atoms with Crippen molar-refractivity contribution in [2.24, 2.45) is 10.8 Å². The molecular weight excluding hydrogens is 404 g/mol. The van der Waals surface area contributed by atoms with Crippen molar-refractivity contribution in [2.75, 3.05) is 0 Å². The van der Waals surface area contributed by atoms with Crippen molar-refractivity contribution in [3.05, 3.63) is 72.1 Å². The molecule has 0 unspecified atom stereocenters. The van der Waals surface area contributed by atoms with Crippen molar-refractivity contribution in [2.45, 2.75) is 54.3 Å². The van der Waals surface area contributed by atoms with Gasteiger partial charge in [0.1, 0.15) is 11.1 Å². The Morgan fingerprint density at radius 3 is 2.30 bits per heavy atom. The van der Waals surface area contributed by atoms with Gasteiger partial charge in [0, 0.05) is 39.1 Å². The molecule has 0 radical (unpaired) electrons. The number of hydrogen-bond acceptors (Lipinski definition) is 3. The van der Waals surface area contributed by atoms with Gasteiger partial charge >= 0.3 is 0 Å². The number of hydrogen-bond donors (Lipinski definition) is 0. The van der Waals surface area contributed by atoms with Gasteiger partial charge in [-0.1, -0.05) is 65.8 Å². The van der Waals surface area contributed by atoms with Gasteiger partial charge in [0.2, 0.25) is 0 Å². The molecule has 3 heterocycles. The van der Waals surface area contributed by atoms with E-state index in [1.807, 2.05) is 77.9 Å². The minimum absolute atomic E-state index is 0.374. The van der Waals surface area contributed by atoms with E-state index in [-0.39, 0.29) is 0 Å². The van der Waals surface area contributed by atoms with Gasteiger partial charge in [0.25, 0.3) is 0 Å². The number of rotatable bonds is 3. The van der Waals surface area contributed by atoms with Crippen LogP contribution in [0.5, 0.6) is 0 Å². The van der Waals surface area contributed by atoms with Crippen LogP contribution in [0.2, 0.25) is 0 Å². The van der Waals surface area contributed by atoms with Gasteiger partial charge in [-0.3, -0.25) is 4.98 Å². The Balaban J connectivity index is 1.74. The number of pyridine rings is 2. The molecule has 0 bridgehead atoms. The number of aromatic nitrogens is 2.